The highest BCUT2D eigenvalue weighted by molar-refractivity contribution is 5.70. The van der Waals surface area contributed by atoms with Crippen LogP contribution < -0.4 is 0 Å². The molecule has 0 radical (unpaired) electrons. The van der Waals surface area contributed by atoms with Crippen LogP contribution in [0, 0.1) is 19.8 Å². The molecule has 3 heteroatoms. The van der Waals surface area contributed by atoms with Crippen LogP contribution in [-0.4, -0.2) is 15.6 Å². The lowest BCUT2D eigenvalue weighted by atomic mass is 10.1. The van der Waals surface area contributed by atoms with Gasteiger partial charge in [-0.2, -0.15) is 0 Å². The van der Waals surface area contributed by atoms with E-state index in [1.807, 2.05) is 19.9 Å². The largest absolute Gasteiger partial charge is 0.481 e. The molecule has 3 nitrogen and oxygen atoms in total. The highest BCUT2D eigenvalue weighted by Gasteiger charge is 2.11. The molecule has 0 bridgehead atoms. The summed E-state index contributed by atoms with van der Waals surface area (Å²) in [5.41, 5.74) is 3.20. The minimum atomic E-state index is -0.760. The van der Waals surface area contributed by atoms with Gasteiger partial charge < -0.3 is 9.67 Å². The van der Waals surface area contributed by atoms with Gasteiger partial charge in [0.15, 0.2) is 0 Å². The second kappa shape index (κ2) is 5.19. The van der Waals surface area contributed by atoms with E-state index in [0.717, 1.165) is 29.9 Å². The number of carbonyl (C=O) groups is 1. The maximum atomic E-state index is 10.7. The second-order valence-electron chi connectivity index (χ2n) is 4.80. The van der Waals surface area contributed by atoms with E-state index in [9.17, 15) is 4.79 Å². The Morgan fingerprint density at radius 1 is 1.44 bits per heavy atom. The van der Waals surface area contributed by atoms with Gasteiger partial charge in [0, 0.05) is 17.9 Å². The number of hydrogen-bond donors (Lipinski definition) is 1. The molecule has 1 heterocycles. The molecule has 0 aliphatic carbocycles. The Labute approximate surface area is 97.1 Å². The number of nitrogens with zero attached hydrogens (tertiary/aromatic N) is 1. The van der Waals surface area contributed by atoms with Gasteiger partial charge in [-0.1, -0.05) is 13.8 Å². The molecule has 0 aromatic carbocycles. The fourth-order valence-corrected chi connectivity index (χ4v) is 1.95. The van der Waals surface area contributed by atoms with Crippen LogP contribution in [0.25, 0.3) is 0 Å². The quantitative estimate of drug-likeness (QED) is 0.834. The van der Waals surface area contributed by atoms with Gasteiger partial charge >= 0.3 is 5.97 Å². The van der Waals surface area contributed by atoms with Crippen molar-refractivity contribution in [2.45, 2.75) is 47.1 Å². The zero-order chi connectivity index (χ0) is 12.3. The second-order valence-corrected chi connectivity index (χ2v) is 4.80. The molecule has 0 atom stereocenters. The van der Waals surface area contributed by atoms with Crippen LogP contribution >= 0.6 is 0 Å². The Morgan fingerprint density at radius 3 is 2.56 bits per heavy atom. The van der Waals surface area contributed by atoms with Crippen molar-refractivity contribution in [2.24, 2.45) is 5.92 Å². The van der Waals surface area contributed by atoms with Gasteiger partial charge in [-0.3, -0.25) is 4.79 Å². The molecular formula is C13H21NO2. The van der Waals surface area contributed by atoms with Crippen LogP contribution in [0.2, 0.25) is 0 Å². The van der Waals surface area contributed by atoms with E-state index in [-0.39, 0.29) is 6.42 Å². The molecule has 0 saturated heterocycles. The fraction of sp³-hybridized carbons (Fsp3) is 0.615. The molecule has 1 aromatic rings. The number of hydrogen-bond acceptors (Lipinski definition) is 1. The van der Waals surface area contributed by atoms with Gasteiger partial charge in [0.25, 0.3) is 0 Å². The lowest BCUT2D eigenvalue weighted by Gasteiger charge is -2.11. The third-order valence-corrected chi connectivity index (χ3v) is 2.95. The van der Waals surface area contributed by atoms with Crippen molar-refractivity contribution in [2.75, 3.05) is 0 Å². The van der Waals surface area contributed by atoms with Gasteiger partial charge in [-0.15, -0.1) is 0 Å². The topological polar surface area (TPSA) is 42.2 Å². The van der Waals surface area contributed by atoms with Gasteiger partial charge in [0.05, 0.1) is 6.42 Å². The first-order chi connectivity index (χ1) is 7.41. The predicted molar refractivity (Wildman–Crippen MR) is 64.7 cm³/mol. The van der Waals surface area contributed by atoms with Crippen LogP contribution in [0.4, 0.5) is 0 Å². The van der Waals surface area contributed by atoms with Crippen LogP contribution in [0.1, 0.15) is 37.2 Å². The molecule has 0 amide bonds. The number of aryl methyl sites for hydroxylation is 1. The molecule has 16 heavy (non-hydrogen) atoms. The molecule has 0 fully saturated rings. The number of rotatable bonds is 5. The molecule has 0 saturated carbocycles. The smallest absolute Gasteiger partial charge is 0.307 e. The summed E-state index contributed by atoms with van der Waals surface area (Å²) in [6.07, 6.45) is 1.25. The van der Waals surface area contributed by atoms with E-state index in [4.69, 9.17) is 5.11 Å². The average molecular weight is 223 g/mol. The van der Waals surface area contributed by atoms with Crippen molar-refractivity contribution in [3.05, 3.63) is 23.0 Å². The van der Waals surface area contributed by atoms with Crippen molar-refractivity contribution < 1.29 is 9.90 Å². The van der Waals surface area contributed by atoms with Gasteiger partial charge in [-0.05, 0) is 37.8 Å². The molecule has 1 N–H and O–H groups in total. The van der Waals surface area contributed by atoms with Crippen LogP contribution in [0.15, 0.2) is 6.07 Å². The number of aromatic nitrogens is 1. The first-order valence-corrected chi connectivity index (χ1v) is 5.79. The third kappa shape index (κ3) is 3.12. The highest BCUT2D eigenvalue weighted by atomic mass is 16.4. The molecule has 1 rings (SSSR count). The van der Waals surface area contributed by atoms with Gasteiger partial charge in [-0.25, -0.2) is 0 Å². The summed E-state index contributed by atoms with van der Waals surface area (Å²) in [7, 11) is 0. The van der Waals surface area contributed by atoms with Crippen LogP contribution in [0.3, 0.4) is 0 Å². The van der Waals surface area contributed by atoms with Crippen molar-refractivity contribution >= 4 is 5.97 Å². The van der Waals surface area contributed by atoms with E-state index in [1.165, 1.54) is 0 Å². The van der Waals surface area contributed by atoms with E-state index in [1.54, 1.807) is 0 Å². The molecule has 0 aliphatic heterocycles. The summed E-state index contributed by atoms with van der Waals surface area (Å²) >= 11 is 0. The molecule has 0 unspecified atom stereocenters. The van der Waals surface area contributed by atoms with E-state index in [0.29, 0.717) is 5.92 Å². The monoisotopic (exact) mass is 223 g/mol. The predicted octanol–water partition coefficient (Wildman–Crippen LogP) is 2.78. The zero-order valence-corrected chi connectivity index (χ0v) is 10.6. The molecule has 90 valence electrons. The summed E-state index contributed by atoms with van der Waals surface area (Å²) in [6, 6.07) is 1.99. The van der Waals surface area contributed by atoms with Crippen molar-refractivity contribution in [1.29, 1.82) is 0 Å². The average Bonchev–Trinajstić information content (AvgIpc) is 2.39. The Hall–Kier alpha value is -1.25. The Balaban J connectivity index is 2.84. The van der Waals surface area contributed by atoms with Crippen LogP contribution in [-0.2, 0) is 17.8 Å². The Morgan fingerprint density at radius 2 is 2.06 bits per heavy atom. The first kappa shape index (κ1) is 12.8. The Kier molecular flexibility index (Phi) is 4.16. The normalized spacial score (nSPS) is 11.1. The first-order valence-electron chi connectivity index (χ1n) is 5.79. The summed E-state index contributed by atoms with van der Waals surface area (Å²) in [5.74, 6) is -0.0896. The maximum Gasteiger partial charge on any atom is 0.307 e. The summed E-state index contributed by atoms with van der Waals surface area (Å²) < 4.78 is 2.22. The molecule has 0 aliphatic rings. The molecule has 1 aromatic heterocycles. The number of carboxylic acid groups (broad SMARTS) is 1. The zero-order valence-electron chi connectivity index (χ0n) is 10.6. The third-order valence-electron chi connectivity index (χ3n) is 2.95. The highest BCUT2D eigenvalue weighted by Crippen LogP contribution is 2.17. The van der Waals surface area contributed by atoms with Crippen molar-refractivity contribution in [1.82, 2.24) is 4.57 Å². The minimum Gasteiger partial charge on any atom is -0.481 e. The molecular weight excluding hydrogens is 202 g/mol. The summed E-state index contributed by atoms with van der Waals surface area (Å²) in [4.78, 5) is 10.7. The van der Waals surface area contributed by atoms with E-state index >= 15 is 0 Å². The minimum absolute atomic E-state index is 0.126. The fourth-order valence-electron chi connectivity index (χ4n) is 1.95. The van der Waals surface area contributed by atoms with Crippen molar-refractivity contribution in [3.63, 3.8) is 0 Å². The summed E-state index contributed by atoms with van der Waals surface area (Å²) in [5, 5.41) is 8.80. The Bertz CT molecular complexity index is 378. The van der Waals surface area contributed by atoms with E-state index < -0.39 is 5.97 Å². The van der Waals surface area contributed by atoms with Crippen LogP contribution in [0.5, 0.6) is 0 Å². The van der Waals surface area contributed by atoms with Gasteiger partial charge in [0.2, 0.25) is 0 Å². The number of aliphatic carboxylic acids is 1. The SMILES string of the molecule is Cc1cc(CC(=O)O)c(C)n1CCC(C)C. The van der Waals surface area contributed by atoms with Crippen molar-refractivity contribution in [3.8, 4) is 0 Å². The molecule has 0 spiro atoms. The lowest BCUT2D eigenvalue weighted by molar-refractivity contribution is -0.136. The standard InChI is InChI=1S/C13H21NO2/c1-9(2)5-6-14-10(3)7-12(11(14)4)8-13(15)16/h7,9H,5-6,8H2,1-4H3,(H,15,16). The lowest BCUT2D eigenvalue weighted by Crippen LogP contribution is -2.06. The van der Waals surface area contributed by atoms with Gasteiger partial charge in [0.1, 0.15) is 0 Å². The van der Waals surface area contributed by atoms with E-state index in [2.05, 4.69) is 18.4 Å². The maximum absolute atomic E-state index is 10.7. The summed E-state index contributed by atoms with van der Waals surface area (Å²) in [6.45, 7) is 9.43. The number of carboxylic acids is 1.